The summed E-state index contributed by atoms with van der Waals surface area (Å²) < 4.78 is 15.7. The average molecular weight is 380 g/mol. The van der Waals surface area contributed by atoms with Crippen LogP contribution in [0.4, 0.5) is 17.3 Å². The molecule has 0 atom stereocenters. The van der Waals surface area contributed by atoms with Gasteiger partial charge in [0.15, 0.2) is 23.1 Å². The maximum absolute atomic E-state index is 12.4. The Morgan fingerprint density at radius 1 is 0.786 bits per heavy atom. The van der Waals surface area contributed by atoms with Gasteiger partial charge < -0.3 is 24.8 Å². The van der Waals surface area contributed by atoms with Crippen LogP contribution in [0.25, 0.3) is 0 Å². The van der Waals surface area contributed by atoms with Gasteiger partial charge in [0.2, 0.25) is 0 Å². The number of anilines is 3. The molecule has 0 unspecified atom stereocenters. The van der Waals surface area contributed by atoms with Gasteiger partial charge in [0, 0.05) is 11.8 Å². The number of nitrogens with one attached hydrogen (secondary N) is 2. The smallest absolute Gasteiger partial charge is 0.260 e. The van der Waals surface area contributed by atoms with Gasteiger partial charge in [-0.2, -0.15) is 0 Å². The van der Waals surface area contributed by atoms with Gasteiger partial charge in [0.05, 0.1) is 26.9 Å². The lowest BCUT2D eigenvalue weighted by atomic mass is 10.2. The van der Waals surface area contributed by atoms with Crippen molar-refractivity contribution in [2.24, 2.45) is 0 Å². The summed E-state index contributed by atoms with van der Waals surface area (Å²) in [6, 6.07) is 15.7. The summed E-state index contributed by atoms with van der Waals surface area (Å²) >= 11 is 0. The van der Waals surface area contributed by atoms with Gasteiger partial charge in [-0.15, -0.1) is 10.2 Å². The molecule has 0 aliphatic heterocycles. The highest BCUT2D eigenvalue weighted by atomic mass is 16.5. The molecular weight excluding hydrogens is 360 g/mol. The van der Waals surface area contributed by atoms with Crippen LogP contribution in [0.3, 0.4) is 0 Å². The number of hydrogen-bond acceptors (Lipinski definition) is 7. The molecule has 0 aliphatic carbocycles. The predicted molar refractivity (Wildman–Crippen MR) is 106 cm³/mol. The zero-order valence-electron chi connectivity index (χ0n) is 15.7. The van der Waals surface area contributed by atoms with Crippen LogP contribution in [-0.4, -0.2) is 37.4 Å². The minimum absolute atomic E-state index is 0.327. The van der Waals surface area contributed by atoms with E-state index in [1.165, 1.54) is 7.11 Å². The van der Waals surface area contributed by atoms with Gasteiger partial charge in [0.25, 0.3) is 5.91 Å². The summed E-state index contributed by atoms with van der Waals surface area (Å²) in [5.74, 6) is 2.23. The maximum Gasteiger partial charge on any atom is 0.260 e. The van der Waals surface area contributed by atoms with Crippen LogP contribution >= 0.6 is 0 Å². The van der Waals surface area contributed by atoms with Gasteiger partial charge in [0.1, 0.15) is 5.75 Å². The molecule has 3 aromatic rings. The van der Waals surface area contributed by atoms with E-state index in [0.29, 0.717) is 34.4 Å². The summed E-state index contributed by atoms with van der Waals surface area (Å²) in [6.45, 7) is 0. The highest BCUT2D eigenvalue weighted by molar-refractivity contribution is 6.05. The Hall–Kier alpha value is -3.81. The summed E-state index contributed by atoms with van der Waals surface area (Å²) in [5.41, 5.74) is 1.18. The van der Waals surface area contributed by atoms with E-state index in [1.807, 2.05) is 6.07 Å². The van der Waals surface area contributed by atoms with Crippen molar-refractivity contribution < 1.29 is 19.0 Å². The lowest BCUT2D eigenvalue weighted by Crippen LogP contribution is -2.14. The zero-order valence-corrected chi connectivity index (χ0v) is 15.7. The first-order chi connectivity index (χ1) is 13.6. The molecule has 1 aromatic heterocycles. The largest absolute Gasteiger partial charge is 0.496 e. The lowest BCUT2D eigenvalue weighted by molar-refractivity contribution is 0.102. The van der Waals surface area contributed by atoms with E-state index in [0.717, 1.165) is 5.69 Å². The standard InChI is InChI=1S/C20H20N4O4/c1-26-15-7-5-4-6-14(15)20(25)22-19-11-10-18(23-24-19)21-13-8-9-16(27-2)17(12-13)28-3/h4-12H,1-3H3,(H,21,23)(H,22,24,25). The number of hydrogen-bond donors (Lipinski definition) is 2. The number of para-hydroxylation sites is 1. The fraction of sp³-hybridized carbons (Fsp3) is 0.150. The second-order valence-corrected chi connectivity index (χ2v) is 5.65. The van der Waals surface area contributed by atoms with Crippen LogP contribution in [0.15, 0.2) is 54.6 Å². The number of carbonyl (C=O) groups excluding carboxylic acids is 1. The first-order valence-electron chi connectivity index (χ1n) is 8.41. The molecule has 0 saturated heterocycles. The molecule has 8 nitrogen and oxygen atoms in total. The highest BCUT2D eigenvalue weighted by Crippen LogP contribution is 2.30. The molecule has 3 rings (SSSR count). The fourth-order valence-electron chi connectivity index (χ4n) is 2.54. The number of rotatable bonds is 7. The Kier molecular flexibility index (Phi) is 5.91. The van der Waals surface area contributed by atoms with Crippen molar-refractivity contribution in [3.05, 3.63) is 60.2 Å². The second-order valence-electron chi connectivity index (χ2n) is 5.65. The van der Waals surface area contributed by atoms with Crippen LogP contribution in [-0.2, 0) is 0 Å². The van der Waals surface area contributed by atoms with Crippen LogP contribution < -0.4 is 24.8 Å². The van der Waals surface area contributed by atoms with Gasteiger partial charge in [-0.1, -0.05) is 12.1 Å². The first kappa shape index (κ1) is 19.0. The van der Waals surface area contributed by atoms with Crippen molar-refractivity contribution in [3.63, 3.8) is 0 Å². The molecule has 0 spiro atoms. The normalized spacial score (nSPS) is 10.1. The van der Waals surface area contributed by atoms with Crippen LogP contribution in [0.2, 0.25) is 0 Å². The molecule has 0 fully saturated rings. The average Bonchev–Trinajstić information content (AvgIpc) is 2.74. The number of nitrogens with zero attached hydrogens (tertiary/aromatic N) is 2. The topological polar surface area (TPSA) is 94.6 Å². The third-order valence-electron chi connectivity index (χ3n) is 3.91. The van der Waals surface area contributed by atoms with Crippen molar-refractivity contribution in [1.29, 1.82) is 0 Å². The van der Waals surface area contributed by atoms with Gasteiger partial charge in [-0.05, 0) is 36.4 Å². The molecule has 144 valence electrons. The van der Waals surface area contributed by atoms with Crippen LogP contribution in [0.5, 0.6) is 17.2 Å². The Labute approximate surface area is 162 Å². The van der Waals surface area contributed by atoms with E-state index in [2.05, 4.69) is 20.8 Å². The van der Waals surface area contributed by atoms with Gasteiger partial charge in [-0.25, -0.2) is 0 Å². The van der Waals surface area contributed by atoms with Crippen molar-refractivity contribution in [2.75, 3.05) is 32.0 Å². The van der Waals surface area contributed by atoms with E-state index in [1.54, 1.807) is 62.8 Å². The van der Waals surface area contributed by atoms with Crippen LogP contribution in [0, 0.1) is 0 Å². The third kappa shape index (κ3) is 4.29. The Morgan fingerprint density at radius 3 is 2.14 bits per heavy atom. The van der Waals surface area contributed by atoms with E-state index >= 15 is 0 Å². The number of amides is 1. The Morgan fingerprint density at radius 2 is 1.46 bits per heavy atom. The van der Waals surface area contributed by atoms with Gasteiger partial charge in [-0.3, -0.25) is 4.79 Å². The molecule has 2 aromatic carbocycles. The molecule has 1 amide bonds. The monoisotopic (exact) mass is 380 g/mol. The second kappa shape index (κ2) is 8.72. The quantitative estimate of drug-likeness (QED) is 0.648. The molecule has 8 heteroatoms. The maximum atomic E-state index is 12.4. The number of methoxy groups -OCH3 is 3. The molecule has 0 radical (unpaired) electrons. The van der Waals surface area contributed by atoms with E-state index in [9.17, 15) is 4.79 Å². The Bertz CT molecular complexity index is 961. The number of aromatic nitrogens is 2. The van der Waals surface area contributed by atoms with E-state index < -0.39 is 0 Å². The zero-order chi connectivity index (χ0) is 19.9. The van der Waals surface area contributed by atoms with Crippen LogP contribution in [0.1, 0.15) is 10.4 Å². The number of carbonyl (C=O) groups is 1. The molecule has 1 heterocycles. The molecule has 2 N–H and O–H groups in total. The summed E-state index contributed by atoms with van der Waals surface area (Å²) in [5, 5.41) is 13.9. The van der Waals surface area contributed by atoms with Crippen molar-refractivity contribution >= 4 is 23.2 Å². The summed E-state index contributed by atoms with van der Waals surface area (Å²) in [6.07, 6.45) is 0. The minimum atomic E-state index is -0.327. The van der Waals surface area contributed by atoms with Gasteiger partial charge >= 0.3 is 0 Å². The fourth-order valence-corrected chi connectivity index (χ4v) is 2.54. The SMILES string of the molecule is COc1ccc(Nc2ccc(NC(=O)c3ccccc3OC)nn2)cc1OC. The minimum Gasteiger partial charge on any atom is -0.496 e. The van der Waals surface area contributed by atoms with E-state index in [4.69, 9.17) is 14.2 Å². The number of benzene rings is 2. The van der Waals surface area contributed by atoms with E-state index in [-0.39, 0.29) is 5.91 Å². The lowest BCUT2D eigenvalue weighted by Gasteiger charge is -2.11. The third-order valence-corrected chi connectivity index (χ3v) is 3.91. The molecular formula is C20H20N4O4. The molecule has 0 bridgehead atoms. The van der Waals surface area contributed by atoms with Crippen molar-refractivity contribution in [1.82, 2.24) is 10.2 Å². The summed E-state index contributed by atoms with van der Waals surface area (Å²) in [4.78, 5) is 12.4. The molecule has 28 heavy (non-hydrogen) atoms. The first-order valence-corrected chi connectivity index (χ1v) is 8.41. The molecule has 0 aliphatic rings. The Balaban J connectivity index is 1.69. The van der Waals surface area contributed by atoms with Crippen molar-refractivity contribution in [3.8, 4) is 17.2 Å². The number of ether oxygens (including phenoxy) is 3. The predicted octanol–water partition coefficient (Wildman–Crippen LogP) is 3.50. The highest BCUT2D eigenvalue weighted by Gasteiger charge is 2.12. The molecule has 0 saturated carbocycles. The summed E-state index contributed by atoms with van der Waals surface area (Å²) in [7, 11) is 4.66. The van der Waals surface area contributed by atoms with Crippen molar-refractivity contribution in [2.45, 2.75) is 0 Å².